The van der Waals surface area contributed by atoms with Gasteiger partial charge in [-0.15, -0.1) is 0 Å². The van der Waals surface area contributed by atoms with E-state index in [9.17, 15) is 18.3 Å². The molecule has 2 N–H and O–H groups in total. The van der Waals surface area contributed by atoms with Crippen LogP contribution in [0.5, 0.6) is 0 Å². The number of nitrogens with one attached hydrogen (secondary N) is 1. The van der Waals surface area contributed by atoms with E-state index in [0.29, 0.717) is 0 Å². The van der Waals surface area contributed by atoms with Gasteiger partial charge in [-0.1, -0.05) is 17.7 Å². The molecular formula is C13H16N2O5S. The number of alkyl carbamates (subject to hydrolysis) is 1. The van der Waals surface area contributed by atoms with Crippen molar-refractivity contribution in [2.75, 3.05) is 13.2 Å². The molecule has 0 aliphatic carbocycles. The summed E-state index contributed by atoms with van der Waals surface area (Å²) in [5, 5.41) is 12.5. The SMILES string of the molecule is Cc1ccc(S(=O)(=O)N2C[C@H](O)[C@H]3NC(=O)OC[C@H]32)cc1. The third-order valence-electron chi connectivity index (χ3n) is 3.86. The van der Waals surface area contributed by atoms with Crippen LogP contribution in [-0.2, 0) is 14.8 Å². The summed E-state index contributed by atoms with van der Waals surface area (Å²) in [6.45, 7) is 1.75. The average Bonchev–Trinajstić information content (AvgIpc) is 2.77. The van der Waals surface area contributed by atoms with Crippen LogP contribution in [0.4, 0.5) is 4.79 Å². The number of aliphatic hydroxyl groups is 1. The van der Waals surface area contributed by atoms with Gasteiger partial charge in [0.05, 0.1) is 23.1 Å². The molecule has 114 valence electrons. The first-order valence-electron chi connectivity index (χ1n) is 6.59. The highest BCUT2D eigenvalue weighted by Crippen LogP contribution is 2.28. The summed E-state index contributed by atoms with van der Waals surface area (Å²) < 4.78 is 31.4. The lowest BCUT2D eigenvalue weighted by Gasteiger charge is -2.31. The maximum atomic E-state index is 12.7. The van der Waals surface area contributed by atoms with Gasteiger partial charge in [0.2, 0.25) is 10.0 Å². The number of ether oxygens (including phenoxy) is 1. The minimum atomic E-state index is -3.73. The number of cyclic esters (lactones) is 1. The Balaban J connectivity index is 1.92. The van der Waals surface area contributed by atoms with Crippen LogP contribution in [0.25, 0.3) is 0 Å². The van der Waals surface area contributed by atoms with Gasteiger partial charge in [0.1, 0.15) is 6.61 Å². The Morgan fingerprint density at radius 1 is 1.33 bits per heavy atom. The highest BCUT2D eigenvalue weighted by Gasteiger charge is 2.50. The number of aryl methyl sites for hydroxylation is 1. The molecule has 7 nitrogen and oxygen atoms in total. The quantitative estimate of drug-likeness (QED) is 0.791. The smallest absolute Gasteiger partial charge is 0.407 e. The van der Waals surface area contributed by atoms with Gasteiger partial charge in [0, 0.05) is 6.54 Å². The molecule has 21 heavy (non-hydrogen) atoms. The number of β-amino-alcohol motifs (C(OH)–C–C–N with tert-alkyl or cyclic N) is 1. The van der Waals surface area contributed by atoms with E-state index in [1.54, 1.807) is 12.1 Å². The molecule has 0 saturated carbocycles. The van der Waals surface area contributed by atoms with E-state index in [-0.39, 0.29) is 18.0 Å². The number of nitrogens with zero attached hydrogens (tertiary/aromatic N) is 1. The normalized spacial score (nSPS) is 29.6. The van der Waals surface area contributed by atoms with Crippen molar-refractivity contribution in [3.8, 4) is 0 Å². The van der Waals surface area contributed by atoms with Crippen molar-refractivity contribution in [1.29, 1.82) is 0 Å². The second-order valence-electron chi connectivity index (χ2n) is 5.29. The summed E-state index contributed by atoms with van der Waals surface area (Å²) in [6, 6.07) is 5.28. The van der Waals surface area contributed by atoms with E-state index in [2.05, 4.69) is 5.32 Å². The van der Waals surface area contributed by atoms with Crippen LogP contribution in [-0.4, -0.2) is 55.3 Å². The van der Waals surface area contributed by atoms with Crippen molar-refractivity contribution in [1.82, 2.24) is 9.62 Å². The van der Waals surface area contributed by atoms with Crippen LogP contribution in [0.15, 0.2) is 29.2 Å². The fraction of sp³-hybridized carbons (Fsp3) is 0.462. The van der Waals surface area contributed by atoms with Gasteiger partial charge in [-0.3, -0.25) is 0 Å². The topological polar surface area (TPSA) is 95.9 Å². The number of aliphatic hydroxyl groups excluding tert-OH is 1. The number of amides is 1. The van der Waals surface area contributed by atoms with Gasteiger partial charge >= 0.3 is 6.09 Å². The average molecular weight is 312 g/mol. The lowest BCUT2D eigenvalue weighted by atomic mass is 10.1. The second-order valence-corrected chi connectivity index (χ2v) is 7.18. The highest BCUT2D eigenvalue weighted by molar-refractivity contribution is 7.89. The lowest BCUT2D eigenvalue weighted by Crippen LogP contribution is -2.56. The van der Waals surface area contributed by atoms with Gasteiger partial charge < -0.3 is 15.2 Å². The summed E-state index contributed by atoms with van der Waals surface area (Å²) >= 11 is 0. The number of sulfonamides is 1. The summed E-state index contributed by atoms with van der Waals surface area (Å²) in [5.74, 6) is 0. The van der Waals surface area contributed by atoms with Crippen molar-refractivity contribution >= 4 is 16.1 Å². The monoisotopic (exact) mass is 312 g/mol. The molecule has 1 aromatic carbocycles. The predicted molar refractivity (Wildman–Crippen MR) is 73.1 cm³/mol. The Morgan fingerprint density at radius 3 is 2.67 bits per heavy atom. The third-order valence-corrected chi connectivity index (χ3v) is 5.77. The van der Waals surface area contributed by atoms with Gasteiger partial charge in [-0.25, -0.2) is 13.2 Å². The lowest BCUT2D eigenvalue weighted by molar-refractivity contribution is 0.0732. The Morgan fingerprint density at radius 2 is 2.00 bits per heavy atom. The molecule has 2 fully saturated rings. The molecule has 3 rings (SSSR count). The number of benzene rings is 1. The van der Waals surface area contributed by atoms with E-state index in [1.807, 2.05) is 6.92 Å². The molecule has 1 aromatic rings. The Hall–Kier alpha value is -1.64. The fourth-order valence-corrected chi connectivity index (χ4v) is 4.36. The largest absolute Gasteiger partial charge is 0.448 e. The van der Waals surface area contributed by atoms with Crippen LogP contribution in [0.1, 0.15) is 5.56 Å². The minimum Gasteiger partial charge on any atom is -0.448 e. The van der Waals surface area contributed by atoms with Gasteiger partial charge in [-0.2, -0.15) is 4.31 Å². The first kappa shape index (κ1) is 14.3. The molecule has 3 atom stereocenters. The molecule has 0 bridgehead atoms. The molecule has 2 saturated heterocycles. The molecule has 2 aliphatic heterocycles. The summed E-state index contributed by atoms with van der Waals surface area (Å²) in [6.07, 6.45) is -1.58. The molecule has 2 heterocycles. The fourth-order valence-electron chi connectivity index (χ4n) is 2.71. The van der Waals surface area contributed by atoms with Crippen molar-refractivity contribution in [2.45, 2.75) is 30.0 Å². The highest BCUT2D eigenvalue weighted by atomic mass is 32.2. The molecule has 0 spiro atoms. The Kier molecular flexibility index (Phi) is 3.39. The number of carbonyl (C=O) groups is 1. The maximum absolute atomic E-state index is 12.7. The molecule has 1 amide bonds. The van der Waals surface area contributed by atoms with Gasteiger partial charge in [-0.05, 0) is 19.1 Å². The summed E-state index contributed by atoms with van der Waals surface area (Å²) in [5.41, 5.74) is 0.960. The van der Waals surface area contributed by atoms with E-state index < -0.39 is 34.3 Å². The molecule has 2 aliphatic rings. The van der Waals surface area contributed by atoms with Crippen molar-refractivity contribution in [3.05, 3.63) is 29.8 Å². The predicted octanol–water partition coefficient (Wildman–Crippen LogP) is -0.163. The molecule has 0 unspecified atom stereocenters. The van der Waals surface area contributed by atoms with Gasteiger partial charge in [0.15, 0.2) is 0 Å². The van der Waals surface area contributed by atoms with Crippen molar-refractivity contribution < 1.29 is 23.1 Å². The zero-order valence-electron chi connectivity index (χ0n) is 11.4. The van der Waals surface area contributed by atoms with Crippen LogP contribution in [0.2, 0.25) is 0 Å². The van der Waals surface area contributed by atoms with Crippen LogP contribution < -0.4 is 5.32 Å². The Bertz CT molecular complexity index is 658. The third kappa shape index (κ3) is 2.39. The van der Waals surface area contributed by atoms with E-state index in [4.69, 9.17) is 4.74 Å². The molecule has 0 radical (unpaired) electrons. The molecular weight excluding hydrogens is 296 g/mol. The number of hydrogen-bond donors (Lipinski definition) is 2. The van der Waals surface area contributed by atoms with Crippen LogP contribution in [0.3, 0.4) is 0 Å². The van der Waals surface area contributed by atoms with Crippen molar-refractivity contribution in [3.63, 3.8) is 0 Å². The summed E-state index contributed by atoms with van der Waals surface area (Å²) in [4.78, 5) is 11.4. The van der Waals surface area contributed by atoms with Crippen LogP contribution in [0, 0.1) is 6.92 Å². The standard InChI is InChI=1S/C13H16N2O5S/c1-8-2-4-9(5-3-8)21(18,19)15-6-11(16)12-10(15)7-20-13(17)14-12/h2-5,10-12,16H,6-7H2,1H3,(H,14,17)/t10-,11+,12+/m1/s1. The number of carbonyl (C=O) groups excluding carboxylic acids is 1. The van der Waals surface area contributed by atoms with E-state index >= 15 is 0 Å². The Labute approximate surface area is 122 Å². The molecule has 0 aromatic heterocycles. The zero-order valence-corrected chi connectivity index (χ0v) is 12.2. The minimum absolute atomic E-state index is 0.0569. The van der Waals surface area contributed by atoms with E-state index in [1.165, 1.54) is 16.4 Å². The second kappa shape index (κ2) is 4.97. The first-order chi connectivity index (χ1) is 9.89. The van der Waals surface area contributed by atoms with E-state index in [0.717, 1.165) is 5.56 Å². The van der Waals surface area contributed by atoms with Crippen LogP contribution >= 0.6 is 0 Å². The summed E-state index contributed by atoms with van der Waals surface area (Å²) in [7, 11) is -3.73. The number of rotatable bonds is 2. The number of hydrogen-bond acceptors (Lipinski definition) is 5. The number of fused-ring (bicyclic) bond motifs is 1. The maximum Gasteiger partial charge on any atom is 0.407 e. The molecule has 8 heteroatoms. The first-order valence-corrected chi connectivity index (χ1v) is 8.03. The van der Waals surface area contributed by atoms with Crippen molar-refractivity contribution in [2.24, 2.45) is 0 Å². The van der Waals surface area contributed by atoms with Gasteiger partial charge in [0.25, 0.3) is 0 Å². The zero-order chi connectivity index (χ0) is 15.2.